The van der Waals surface area contributed by atoms with Gasteiger partial charge in [0.15, 0.2) is 0 Å². The van der Waals surface area contributed by atoms with Gasteiger partial charge in [-0.25, -0.2) is 0 Å². The SMILES string of the molecule is COc1ccc(OC)c2c1[C@H](C=O)c1ccccc1[C@@H]2C=O. The second kappa shape index (κ2) is 5.64. The van der Waals surface area contributed by atoms with E-state index in [4.69, 9.17) is 9.47 Å². The monoisotopic (exact) mass is 296 g/mol. The van der Waals surface area contributed by atoms with Crippen molar-refractivity contribution in [2.45, 2.75) is 11.8 Å². The third kappa shape index (κ3) is 1.91. The van der Waals surface area contributed by atoms with Gasteiger partial charge in [0.25, 0.3) is 0 Å². The molecule has 3 rings (SSSR count). The van der Waals surface area contributed by atoms with Crippen LogP contribution in [0.4, 0.5) is 0 Å². The maximum atomic E-state index is 11.8. The van der Waals surface area contributed by atoms with Crippen LogP contribution in [0.1, 0.15) is 34.1 Å². The lowest BCUT2D eigenvalue weighted by atomic mass is 9.72. The molecule has 0 radical (unpaired) electrons. The van der Waals surface area contributed by atoms with Crippen LogP contribution in [0.5, 0.6) is 11.5 Å². The number of carbonyl (C=O) groups excluding carboxylic acids is 2. The van der Waals surface area contributed by atoms with Crippen LogP contribution in [0.3, 0.4) is 0 Å². The molecule has 1 aliphatic carbocycles. The van der Waals surface area contributed by atoms with E-state index in [0.29, 0.717) is 22.6 Å². The fourth-order valence-electron chi connectivity index (χ4n) is 3.27. The van der Waals surface area contributed by atoms with Gasteiger partial charge >= 0.3 is 0 Å². The predicted octanol–water partition coefficient (Wildman–Crippen LogP) is 2.68. The van der Waals surface area contributed by atoms with Crippen molar-refractivity contribution in [3.8, 4) is 11.5 Å². The molecule has 112 valence electrons. The average molecular weight is 296 g/mol. The first kappa shape index (κ1) is 14.3. The Labute approximate surface area is 128 Å². The Hall–Kier alpha value is -2.62. The van der Waals surface area contributed by atoms with E-state index in [1.165, 1.54) is 0 Å². The molecule has 0 N–H and O–H groups in total. The predicted molar refractivity (Wildman–Crippen MR) is 81.8 cm³/mol. The molecule has 4 heteroatoms. The summed E-state index contributed by atoms with van der Waals surface area (Å²) in [4.78, 5) is 23.5. The van der Waals surface area contributed by atoms with E-state index >= 15 is 0 Å². The summed E-state index contributed by atoms with van der Waals surface area (Å²) in [6.07, 6.45) is 1.78. The summed E-state index contributed by atoms with van der Waals surface area (Å²) in [7, 11) is 3.11. The lowest BCUT2D eigenvalue weighted by Crippen LogP contribution is -2.21. The van der Waals surface area contributed by atoms with Crippen LogP contribution in [-0.4, -0.2) is 26.8 Å². The zero-order valence-corrected chi connectivity index (χ0v) is 12.4. The van der Waals surface area contributed by atoms with Gasteiger partial charge in [-0.3, -0.25) is 0 Å². The summed E-state index contributed by atoms with van der Waals surface area (Å²) in [6, 6.07) is 11.0. The van der Waals surface area contributed by atoms with E-state index in [1.54, 1.807) is 26.4 Å². The number of rotatable bonds is 4. The number of carbonyl (C=O) groups is 2. The summed E-state index contributed by atoms with van der Waals surface area (Å²) in [5.41, 5.74) is 3.11. The number of ether oxygens (including phenoxy) is 2. The van der Waals surface area contributed by atoms with Gasteiger partial charge in [0.05, 0.1) is 26.1 Å². The number of benzene rings is 2. The lowest BCUT2D eigenvalue weighted by Gasteiger charge is -2.31. The standard InChI is InChI=1S/C18H16O4/c1-21-15-7-8-16(22-2)18-14(10-20)12-6-4-3-5-11(12)13(9-19)17(15)18/h3-10,13-14H,1-2H3/t13-,14+. The molecule has 0 heterocycles. The second-order valence-electron chi connectivity index (χ2n) is 5.15. The van der Waals surface area contributed by atoms with Crippen LogP contribution in [0.2, 0.25) is 0 Å². The van der Waals surface area contributed by atoms with Crippen LogP contribution in [-0.2, 0) is 9.59 Å². The van der Waals surface area contributed by atoms with Gasteiger partial charge in [-0.2, -0.15) is 0 Å². The molecule has 2 atom stereocenters. The fourth-order valence-corrected chi connectivity index (χ4v) is 3.27. The first-order valence-electron chi connectivity index (χ1n) is 7.01. The molecule has 0 unspecified atom stereocenters. The van der Waals surface area contributed by atoms with Crippen molar-refractivity contribution >= 4 is 12.6 Å². The van der Waals surface area contributed by atoms with Crippen molar-refractivity contribution in [1.29, 1.82) is 0 Å². The Morgan fingerprint density at radius 1 is 0.773 bits per heavy atom. The summed E-state index contributed by atoms with van der Waals surface area (Å²) >= 11 is 0. The molecule has 0 aliphatic heterocycles. The Bertz CT molecular complexity index is 674. The summed E-state index contributed by atoms with van der Waals surface area (Å²) in [6.45, 7) is 0. The molecular formula is C18H16O4. The maximum Gasteiger partial charge on any atom is 0.132 e. The summed E-state index contributed by atoms with van der Waals surface area (Å²) in [5, 5.41) is 0. The molecule has 0 saturated carbocycles. The summed E-state index contributed by atoms with van der Waals surface area (Å²) < 4.78 is 10.8. The topological polar surface area (TPSA) is 52.6 Å². The largest absolute Gasteiger partial charge is 0.496 e. The van der Waals surface area contributed by atoms with Gasteiger partial charge < -0.3 is 19.1 Å². The second-order valence-corrected chi connectivity index (χ2v) is 5.15. The van der Waals surface area contributed by atoms with Gasteiger partial charge in [-0.15, -0.1) is 0 Å². The van der Waals surface area contributed by atoms with Gasteiger partial charge in [0.2, 0.25) is 0 Å². The molecule has 0 aromatic heterocycles. The molecule has 1 aliphatic rings. The van der Waals surface area contributed by atoms with Crippen molar-refractivity contribution < 1.29 is 19.1 Å². The number of hydrogen-bond donors (Lipinski definition) is 0. The van der Waals surface area contributed by atoms with E-state index in [1.807, 2.05) is 24.3 Å². The molecule has 0 fully saturated rings. The number of methoxy groups -OCH3 is 2. The van der Waals surface area contributed by atoms with Gasteiger partial charge in [-0.05, 0) is 23.3 Å². The average Bonchev–Trinajstić information content (AvgIpc) is 2.58. The molecule has 0 saturated heterocycles. The van der Waals surface area contributed by atoms with E-state index in [9.17, 15) is 9.59 Å². The third-order valence-electron chi connectivity index (χ3n) is 4.21. The highest BCUT2D eigenvalue weighted by Crippen LogP contribution is 2.48. The van der Waals surface area contributed by atoms with E-state index in [0.717, 1.165) is 23.7 Å². The zero-order valence-electron chi connectivity index (χ0n) is 12.4. The lowest BCUT2D eigenvalue weighted by molar-refractivity contribution is -0.110. The minimum atomic E-state index is -0.465. The van der Waals surface area contributed by atoms with Gasteiger partial charge in [0.1, 0.15) is 24.1 Å². The number of aldehydes is 2. The first-order valence-corrected chi connectivity index (χ1v) is 7.01. The van der Waals surface area contributed by atoms with Crippen LogP contribution >= 0.6 is 0 Å². The van der Waals surface area contributed by atoms with E-state index < -0.39 is 11.8 Å². The zero-order chi connectivity index (χ0) is 15.7. The molecule has 4 nitrogen and oxygen atoms in total. The van der Waals surface area contributed by atoms with E-state index in [-0.39, 0.29) is 0 Å². The normalized spacial score (nSPS) is 18.8. The highest BCUT2D eigenvalue weighted by Gasteiger charge is 2.36. The van der Waals surface area contributed by atoms with Crippen LogP contribution in [0.25, 0.3) is 0 Å². The molecule has 0 amide bonds. The van der Waals surface area contributed by atoms with Gasteiger partial charge in [0, 0.05) is 11.1 Å². The minimum Gasteiger partial charge on any atom is -0.496 e. The molecule has 0 spiro atoms. The smallest absolute Gasteiger partial charge is 0.132 e. The maximum absolute atomic E-state index is 11.8. The minimum absolute atomic E-state index is 0.465. The number of fused-ring (bicyclic) bond motifs is 2. The Kier molecular flexibility index (Phi) is 3.67. The Morgan fingerprint density at radius 3 is 1.50 bits per heavy atom. The van der Waals surface area contributed by atoms with Crippen molar-refractivity contribution in [3.63, 3.8) is 0 Å². The van der Waals surface area contributed by atoms with Crippen LogP contribution in [0.15, 0.2) is 36.4 Å². The first-order chi connectivity index (χ1) is 10.8. The van der Waals surface area contributed by atoms with Crippen molar-refractivity contribution in [2.75, 3.05) is 14.2 Å². The molecule has 2 aromatic carbocycles. The molecule has 0 bridgehead atoms. The van der Waals surface area contributed by atoms with Gasteiger partial charge in [-0.1, -0.05) is 24.3 Å². The fraction of sp³-hybridized carbons (Fsp3) is 0.222. The highest BCUT2D eigenvalue weighted by molar-refractivity contribution is 5.83. The van der Waals surface area contributed by atoms with E-state index in [2.05, 4.69) is 0 Å². The molecule has 22 heavy (non-hydrogen) atoms. The van der Waals surface area contributed by atoms with Crippen LogP contribution < -0.4 is 9.47 Å². The molecular weight excluding hydrogens is 280 g/mol. The Morgan fingerprint density at radius 2 is 1.18 bits per heavy atom. The van der Waals surface area contributed by atoms with Crippen LogP contribution in [0, 0.1) is 0 Å². The third-order valence-corrected chi connectivity index (χ3v) is 4.21. The quantitative estimate of drug-likeness (QED) is 0.814. The number of hydrogen-bond acceptors (Lipinski definition) is 4. The van der Waals surface area contributed by atoms with Crippen molar-refractivity contribution in [1.82, 2.24) is 0 Å². The summed E-state index contributed by atoms with van der Waals surface area (Å²) in [5.74, 6) is 0.253. The Balaban J connectivity index is 2.39. The molecule has 2 aromatic rings. The highest BCUT2D eigenvalue weighted by atomic mass is 16.5. The van der Waals surface area contributed by atoms with Crippen molar-refractivity contribution in [3.05, 3.63) is 58.7 Å². The van der Waals surface area contributed by atoms with Crippen molar-refractivity contribution in [2.24, 2.45) is 0 Å².